The number of carbonyl (C=O) groups excluding carboxylic acids is 1. The molecule has 0 fully saturated rings. The number of hydrogen-bond donors (Lipinski definition) is 1. The first-order valence-corrected chi connectivity index (χ1v) is 5.06. The van der Waals surface area contributed by atoms with Crippen molar-refractivity contribution in [1.82, 2.24) is 0 Å². The van der Waals surface area contributed by atoms with Gasteiger partial charge in [-0.25, -0.2) is 0 Å². The van der Waals surface area contributed by atoms with Gasteiger partial charge in [0.25, 0.3) is 0 Å². The highest BCUT2D eigenvalue weighted by molar-refractivity contribution is 7.12. The molecule has 0 aliphatic carbocycles. The van der Waals surface area contributed by atoms with Crippen LogP contribution >= 0.6 is 11.3 Å². The fourth-order valence-corrected chi connectivity index (χ4v) is 2.09. The summed E-state index contributed by atoms with van der Waals surface area (Å²) >= 11 is 1.65. The van der Waals surface area contributed by atoms with Crippen molar-refractivity contribution in [2.75, 3.05) is 0 Å². The lowest BCUT2D eigenvalue weighted by atomic mass is 10.2. The van der Waals surface area contributed by atoms with Crippen molar-refractivity contribution in [2.45, 2.75) is 25.8 Å². The van der Waals surface area contributed by atoms with Crippen LogP contribution in [0.5, 0.6) is 0 Å². The number of rotatable bonds is 4. The number of carbonyl (C=O) groups is 1. The fourth-order valence-electron chi connectivity index (χ4n) is 1.05. The zero-order valence-electron chi connectivity index (χ0n) is 7.58. The first-order valence-electron chi connectivity index (χ1n) is 4.25. The second-order valence-electron chi connectivity index (χ2n) is 2.94. The number of hydrogen-bond acceptors (Lipinski definition) is 3. The number of thiophene rings is 1. The van der Waals surface area contributed by atoms with Crippen LogP contribution in [-0.2, 0) is 17.6 Å². The Labute approximate surface area is 81.2 Å². The molecule has 3 nitrogen and oxygen atoms in total. The minimum atomic E-state index is -1.08. The number of aryl methyl sites for hydroxylation is 1. The van der Waals surface area contributed by atoms with Crippen molar-refractivity contribution < 1.29 is 15.6 Å². The third-order valence-electron chi connectivity index (χ3n) is 1.85. The number of quaternary nitrogens is 1. The Morgan fingerprint density at radius 2 is 2.23 bits per heavy atom. The molecule has 0 radical (unpaired) electrons. The molecule has 1 rings (SSSR count). The van der Waals surface area contributed by atoms with Crippen LogP contribution in [0.25, 0.3) is 0 Å². The molecule has 0 aliphatic rings. The third-order valence-corrected chi connectivity index (χ3v) is 3.10. The lowest BCUT2D eigenvalue weighted by molar-refractivity contribution is -0.436. The quantitative estimate of drug-likeness (QED) is 0.690. The Balaban J connectivity index is 2.58. The largest absolute Gasteiger partial charge is 0.544 e. The molecule has 0 saturated carbocycles. The molecule has 4 heteroatoms. The Morgan fingerprint density at radius 1 is 1.62 bits per heavy atom. The third kappa shape index (κ3) is 2.82. The summed E-state index contributed by atoms with van der Waals surface area (Å²) in [7, 11) is 0. The SMILES string of the molecule is CCc1ccc(C[C@@H]([NH3+])C(=O)[O-])s1. The van der Waals surface area contributed by atoms with Gasteiger partial charge >= 0.3 is 0 Å². The second kappa shape index (κ2) is 4.39. The molecule has 0 bridgehead atoms. The van der Waals surface area contributed by atoms with Crippen LogP contribution in [0.15, 0.2) is 12.1 Å². The van der Waals surface area contributed by atoms with Crippen LogP contribution in [0.2, 0.25) is 0 Å². The predicted octanol–water partition coefficient (Wildman–Crippen LogP) is -0.787. The second-order valence-corrected chi connectivity index (χ2v) is 4.19. The van der Waals surface area contributed by atoms with Gasteiger partial charge in [-0.05, 0) is 18.6 Å². The van der Waals surface area contributed by atoms with Gasteiger partial charge in [0, 0.05) is 16.2 Å². The summed E-state index contributed by atoms with van der Waals surface area (Å²) in [5, 5.41) is 10.4. The summed E-state index contributed by atoms with van der Waals surface area (Å²) in [6.07, 6.45) is 1.48. The maximum atomic E-state index is 10.4. The highest BCUT2D eigenvalue weighted by Gasteiger charge is 2.09. The van der Waals surface area contributed by atoms with Gasteiger partial charge in [-0.15, -0.1) is 11.3 Å². The molecule has 0 aromatic carbocycles. The molecule has 0 unspecified atom stereocenters. The smallest absolute Gasteiger partial charge is 0.129 e. The van der Waals surface area contributed by atoms with Crippen LogP contribution in [0.4, 0.5) is 0 Å². The van der Waals surface area contributed by atoms with Gasteiger partial charge in [-0.3, -0.25) is 0 Å². The van der Waals surface area contributed by atoms with E-state index in [9.17, 15) is 9.90 Å². The monoisotopic (exact) mass is 199 g/mol. The Hall–Kier alpha value is -0.870. The standard InChI is InChI=1S/C9H13NO2S/c1-2-6-3-4-7(13-6)5-8(10)9(11)12/h3-4,8H,2,5,10H2,1H3,(H,11,12)/t8-/m1/s1. The molecule has 0 amide bonds. The molecule has 1 aromatic rings. The van der Waals surface area contributed by atoms with E-state index in [0.717, 1.165) is 11.3 Å². The van der Waals surface area contributed by atoms with Crippen LogP contribution in [0, 0.1) is 0 Å². The maximum absolute atomic E-state index is 10.4. The molecular weight excluding hydrogens is 186 g/mol. The molecule has 3 N–H and O–H groups in total. The first kappa shape index (κ1) is 10.2. The van der Waals surface area contributed by atoms with Gasteiger partial charge in [0.2, 0.25) is 0 Å². The van der Waals surface area contributed by atoms with Gasteiger partial charge in [0.15, 0.2) is 0 Å². The summed E-state index contributed by atoms with van der Waals surface area (Å²) in [5.41, 5.74) is 3.51. The lowest BCUT2D eigenvalue weighted by Crippen LogP contribution is -2.69. The van der Waals surface area contributed by atoms with E-state index >= 15 is 0 Å². The van der Waals surface area contributed by atoms with Gasteiger partial charge in [0.05, 0.1) is 5.97 Å². The van der Waals surface area contributed by atoms with Crippen molar-refractivity contribution in [1.29, 1.82) is 0 Å². The summed E-state index contributed by atoms with van der Waals surface area (Å²) in [6, 6.07) is 3.36. The van der Waals surface area contributed by atoms with E-state index in [0.29, 0.717) is 6.42 Å². The normalized spacial score (nSPS) is 12.8. The zero-order chi connectivity index (χ0) is 9.84. The minimum Gasteiger partial charge on any atom is -0.544 e. The van der Waals surface area contributed by atoms with E-state index < -0.39 is 12.0 Å². The van der Waals surface area contributed by atoms with Crippen LogP contribution in [0.1, 0.15) is 16.7 Å². The predicted molar refractivity (Wildman–Crippen MR) is 49.1 cm³/mol. The number of aliphatic carboxylic acids is 1. The van der Waals surface area contributed by atoms with Crippen molar-refractivity contribution in [2.24, 2.45) is 0 Å². The average molecular weight is 199 g/mol. The zero-order valence-corrected chi connectivity index (χ0v) is 8.39. The molecular formula is C9H13NO2S. The summed E-state index contributed by atoms with van der Waals surface area (Å²) in [5.74, 6) is -1.08. The van der Waals surface area contributed by atoms with Crippen molar-refractivity contribution >= 4 is 17.3 Å². The van der Waals surface area contributed by atoms with Gasteiger partial charge in [-0.1, -0.05) is 6.92 Å². The van der Waals surface area contributed by atoms with Crippen LogP contribution in [-0.4, -0.2) is 12.0 Å². The topological polar surface area (TPSA) is 67.8 Å². The van der Waals surface area contributed by atoms with E-state index in [4.69, 9.17) is 0 Å². The van der Waals surface area contributed by atoms with Crippen molar-refractivity contribution in [3.8, 4) is 0 Å². The van der Waals surface area contributed by atoms with Gasteiger partial charge in [-0.2, -0.15) is 0 Å². The molecule has 1 heterocycles. The number of carboxylic acid groups (broad SMARTS) is 1. The van der Waals surface area contributed by atoms with Crippen molar-refractivity contribution in [3.63, 3.8) is 0 Å². The highest BCUT2D eigenvalue weighted by atomic mass is 32.1. The summed E-state index contributed by atoms with van der Waals surface area (Å²) < 4.78 is 0. The van der Waals surface area contributed by atoms with E-state index in [1.807, 2.05) is 12.1 Å². The Kier molecular flexibility index (Phi) is 3.45. The average Bonchev–Trinajstić information content (AvgIpc) is 2.52. The fraction of sp³-hybridized carbons (Fsp3) is 0.444. The molecule has 0 aliphatic heterocycles. The van der Waals surface area contributed by atoms with Gasteiger partial charge in [0.1, 0.15) is 6.04 Å². The Morgan fingerprint density at radius 3 is 2.69 bits per heavy atom. The molecule has 1 atom stereocenters. The summed E-state index contributed by atoms with van der Waals surface area (Å²) in [6.45, 7) is 2.08. The lowest BCUT2D eigenvalue weighted by Gasteiger charge is -2.06. The molecule has 1 aromatic heterocycles. The maximum Gasteiger partial charge on any atom is 0.129 e. The molecule has 13 heavy (non-hydrogen) atoms. The van der Waals surface area contributed by atoms with Gasteiger partial charge < -0.3 is 15.6 Å². The van der Waals surface area contributed by atoms with E-state index in [1.54, 1.807) is 11.3 Å². The van der Waals surface area contributed by atoms with Crippen LogP contribution < -0.4 is 10.8 Å². The molecule has 0 saturated heterocycles. The molecule has 72 valence electrons. The van der Waals surface area contributed by atoms with E-state index in [2.05, 4.69) is 12.7 Å². The summed E-state index contributed by atoms with van der Waals surface area (Å²) in [4.78, 5) is 12.8. The van der Waals surface area contributed by atoms with Crippen molar-refractivity contribution in [3.05, 3.63) is 21.9 Å². The molecule has 0 spiro atoms. The Bertz CT molecular complexity index is 296. The highest BCUT2D eigenvalue weighted by Crippen LogP contribution is 2.17. The van der Waals surface area contributed by atoms with E-state index in [-0.39, 0.29) is 0 Å². The number of carboxylic acids is 1. The van der Waals surface area contributed by atoms with E-state index in [1.165, 1.54) is 4.88 Å². The van der Waals surface area contributed by atoms with Crippen LogP contribution in [0.3, 0.4) is 0 Å². The first-order chi connectivity index (χ1) is 6.13. The minimum absolute atomic E-state index is 0.479.